The summed E-state index contributed by atoms with van der Waals surface area (Å²) in [7, 11) is 1.56. The highest BCUT2D eigenvalue weighted by Gasteiger charge is 2.36. The highest BCUT2D eigenvalue weighted by molar-refractivity contribution is 7.15. The zero-order valence-electron chi connectivity index (χ0n) is 19.8. The SMILES string of the molecule is COc1ccc(Cl)cc1NC(=O)N1Cc2c(sc3c2CCCC3)-n2cccc2C1c1ccc(F)cc1. The van der Waals surface area contributed by atoms with Crippen LogP contribution in [0.1, 0.15) is 46.1 Å². The third kappa shape index (κ3) is 3.96. The van der Waals surface area contributed by atoms with Gasteiger partial charge in [0.1, 0.15) is 16.6 Å². The molecular weight excluding hydrogens is 497 g/mol. The molecule has 6 rings (SSSR count). The molecule has 0 bridgehead atoms. The van der Waals surface area contributed by atoms with E-state index in [9.17, 15) is 9.18 Å². The monoisotopic (exact) mass is 521 g/mol. The number of nitrogens with zero attached hydrogens (tertiary/aromatic N) is 2. The van der Waals surface area contributed by atoms with E-state index in [-0.39, 0.29) is 11.8 Å². The molecule has 1 unspecified atom stereocenters. The molecule has 2 aliphatic rings. The van der Waals surface area contributed by atoms with Gasteiger partial charge in [-0.05, 0) is 79.3 Å². The van der Waals surface area contributed by atoms with Crippen molar-refractivity contribution in [2.24, 2.45) is 0 Å². The number of nitrogens with one attached hydrogen (secondary N) is 1. The van der Waals surface area contributed by atoms with Gasteiger partial charge in [0.15, 0.2) is 0 Å². The van der Waals surface area contributed by atoms with Crippen LogP contribution in [0.3, 0.4) is 0 Å². The summed E-state index contributed by atoms with van der Waals surface area (Å²) >= 11 is 8.07. The zero-order valence-corrected chi connectivity index (χ0v) is 21.3. The van der Waals surface area contributed by atoms with Crippen molar-refractivity contribution in [1.29, 1.82) is 0 Å². The molecule has 5 nitrogen and oxygen atoms in total. The van der Waals surface area contributed by atoms with Crippen molar-refractivity contribution in [3.05, 3.63) is 98.9 Å². The lowest BCUT2D eigenvalue weighted by Gasteiger charge is -2.31. The Bertz CT molecular complexity index is 1450. The third-order valence-electron chi connectivity index (χ3n) is 7.03. The van der Waals surface area contributed by atoms with Crippen LogP contribution in [-0.4, -0.2) is 22.6 Å². The molecule has 2 amide bonds. The molecule has 2 aromatic carbocycles. The van der Waals surface area contributed by atoms with E-state index in [2.05, 4.69) is 16.1 Å². The molecule has 0 radical (unpaired) electrons. The molecule has 184 valence electrons. The number of aryl methyl sites for hydroxylation is 1. The number of hydrogen-bond donors (Lipinski definition) is 1. The summed E-state index contributed by atoms with van der Waals surface area (Å²) in [5.41, 5.74) is 4.88. The Balaban J connectivity index is 1.49. The molecule has 1 atom stereocenters. The lowest BCUT2D eigenvalue weighted by atomic mass is 9.95. The minimum absolute atomic E-state index is 0.277. The lowest BCUT2D eigenvalue weighted by Crippen LogP contribution is -2.38. The Morgan fingerprint density at radius 1 is 1.11 bits per heavy atom. The summed E-state index contributed by atoms with van der Waals surface area (Å²) in [5, 5.41) is 4.71. The van der Waals surface area contributed by atoms with Crippen LogP contribution >= 0.6 is 22.9 Å². The van der Waals surface area contributed by atoms with Gasteiger partial charge in [-0.3, -0.25) is 0 Å². The number of anilines is 1. The number of carbonyl (C=O) groups excluding carboxylic acids is 1. The molecule has 0 saturated heterocycles. The van der Waals surface area contributed by atoms with E-state index in [0.29, 0.717) is 23.0 Å². The fraction of sp³-hybridized carbons (Fsp3) is 0.250. The molecule has 1 aliphatic heterocycles. The highest BCUT2D eigenvalue weighted by Crippen LogP contribution is 2.44. The van der Waals surface area contributed by atoms with E-state index in [1.54, 1.807) is 37.4 Å². The largest absolute Gasteiger partial charge is 0.495 e. The van der Waals surface area contributed by atoms with Crippen molar-refractivity contribution in [3.8, 4) is 10.8 Å². The Morgan fingerprint density at radius 3 is 2.72 bits per heavy atom. The van der Waals surface area contributed by atoms with Crippen molar-refractivity contribution in [1.82, 2.24) is 9.47 Å². The van der Waals surface area contributed by atoms with Crippen molar-refractivity contribution in [3.63, 3.8) is 0 Å². The molecule has 36 heavy (non-hydrogen) atoms. The van der Waals surface area contributed by atoms with E-state index in [4.69, 9.17) is 16.3 Å². The first-order chi connectivity index (χ1) is 17.5. The van der Waals surface area contributed by atoms with Crippen LogP contribution < -0.4 is 10.1 Å². The van der Waals surface area contributed by atoms with Gasteiger partial charge in [0.2, 0.25) is 0 Å². The number of rotatable bonds is 3. The maximum atomic E-state index is 14.0. The van der Waals surface area contributed by atoms with Gasteiger partial charge in [0.25, 0.3) is 0 Å². The second kappa shape index (κ2) is 9.30. The number of aromatic nitrogens is 1. The fourth-order valence-electron chi connectivity index (χ4n) is 5.35. The number of halogens is 2. The van der Waals surface area contributed by atoms with Gasteiger partial charge >= 0.3 is 6.03 Å². The van der Waals surface area contributed by atoms with Crippen LogP contribution in [0.4, 0.5) is 14.9 Å². The Hall–Kier alpha value is -3.29. The number of amides is 2. The average molecular weight is 522 g/mol. The third-order valence-corrected chi connectivity index (χ3v) is 8.60. The summed E-state index contributed by atoms with van der Waals surface area (Å²) in [6, 6.07) is 14.9. The molecule has 3 heterocycles. The number of methoxy groups -OCH3 is 1. The van der Waals surface area contributed by atoms with Crippen LogP contribution in [0.15, 0.2) is 60.8 Å². The summed E-state index contributed by atoms with van der Waals surface area (Å²) in [5.74, 6) is 0.216. The van der Waals surface area contributed by atoms with E-state index in [0.717, 1.165) is 30.5 Å². The van der Waals surface area contributed by atoms with Crippen LogP contribution in [0.25, 0.3) is 5.00 Å². The van der Waals surface area contributed by atoms with E-state index >= 15 is 0 Å². The normalized spacial score (nSPS) is 16.5. The first-order valence-corrected chi connectivity index (χ1v) is 13.2. The second-order valence-corrected chi connectivity index (χ2v) is 10.7. The molecule has 8 heteroatoms. The predicted molar refractivity (Wildman–Crippen MR) is 141 cm³/mol. The van der Waals surface area contributed by atoms with Gasteiger partial charge in [0, 0.05) is 21.7 Å². The molecule has 1 N–H and O–H groups in total. The smallest absolute Gasteiger partial charge is 0.323 e. The fourth-order valence-corrected chi connectivity index (χ4v) is 6.92. The maximum Gasteiger partial charge on any atom is 0.323 e. The number of hydrogen-bond acceptors (Lipinski definition) is 3. The number of ether oxygens (including phenoxy) is 1. The van der Waals surface area contributed by atoms with E-state index in [1.165, 1.54) is 39.6 Å². The molecule has 0 saturated carbocycles. The highest BCUT2D eigenvalue weighted by atomic mass is 35.5. The maximum absolute atomic E-state index is 14.0. The molecule has 2 aromatic heterocycles. The lowest BCUT2D eigenvalue weighted by molar-refractivity contribution is 0.194. The molecule has 1 aliphatic carbocycles. The Labute approximate surface area is 218 Å². The molecule has 0 fully saturated rings. The van der Waals surface area contributed by atoms with Crippen LogP contribution in [0, 0.1) is 5.82 Å². The summed E-state index contributed by atoms with van der Waals surface area (Å²) in [6.45, 7) is 0.444. The van der Waals surface area contributed by atoms with Gasteiger partial charge in [-0.15, -0.1) is 11.3 Å². The summed E-state index contributed by atoms with van der Waals surface area (Å²) in [4.78, 5) is 17.3. The minimum atomic E-state index is -0.412. The number of thiophene rings is 1. The molecular formula is C28H25ClFN3O2S. The summed E-state index contributed by atoms with van der Waals surface area (Å²) in [6.07, 6.45) is 6.52. The van der Waals surface area contributed by atoms with Gasteiger partial charge in [-0.1, -0.05) is 23.7 Å². The van der Waals surface area contributed by atoms with Gasteiger partial charge in [-0.25, -0.2) is 9.18 Å². The van der Waals surface area contributed by atoms with Gasteiger partial charge in [0.05, 0.1) is 31.1 Å². The predicted octanol–water partition coefficient (Wildman–Crippen LogP) is 7.36. The first-order valence-electron chi connectivity index (χ1n) is 12.0. The Kier molecular flexibility index (Phi) is 5.97. The van der Waals surface area contributed by atoms with Crippen molar-refractivity contribution in [2.75, 3.05) is 12.4 Å². The number of benzene rings is 2. The second-order valence-electron chi connectivity index (χ2n) is 9.15. The van der Waals surface area contributed by atoms with Crippen LogP contribution in [-0.2, 0) is 19.4 Å². The number of fused-ring (bicyclic) bond motifs is 5. The van der Waals surface area contributed by atoms with Crippen molar-refractivity contribution in [2.45, 2.75) is 38.3 Å². The van der Waals surface area contributed by atoms with Crippen molar-refractivity contribution >= 4 is 34.7 Å². The molecule has 0 spiro atoms. The number of urea groups is 1. The topological polar surface area (TPSA) is 46.5 Å². The van der Waals surface area contributed by atoms with Crippen LogP contribution in [0.2, 0.25) is 5.02 Å². The van der Waals surface area contributed by atoms with E-state index in [1.807, 2.05) is 28.4 Å². The van der Waals surface area contributed by atoms with Gasteiger partial charge < -0.3 is 19.5 Å². The quantitative estimate of drug-likeness (QED) is 0.306. The standard InChI is InChI=1S/C28H25ClFN3O2S/c1-35-24-13-10-18(29)15-22(24)31-28(34)33-16-21-20-5-2-3-7-25(20)36-27(21)32-14-4-6-23(32)26(33)17-8-11-19(30)12-9-17/h4,6,8-15,26H,2-3,5,7,16H2,1H3,(H,31,34). The first kappa shape index (κ1) is 23.1. The minimum Gasteiger partial charge on any atom is -0.495 e. The zero-order chi connectivity index (χ0) is 24.8. The van der Waals surface area contributed by atoms with Gasteiger partial charge in [-0.2, -0.15) is 0 Å². The average Bonchev–Trinajstić information content (AvgIpc) is 3.47. The molecule has 4 aromatic rings. The Morgan fingerprint density at radius 2 is 1.92 bits per heavy atom. The summed E-state index contributed by atoms with van der Waals surface area (Å²) < 4.78 is 21.5. The van der Waals surface area contributed by atoms with Crippen LogP contribution in [0.5, 0.6) is 5.75 Å². The van der Waals surface area contributed by atoms with E-state index < -0.39 is 6.04 Å². The number of carbonyl (C=O) groups is 1. The van der Waals surface area contributed by atoms with Crippen molar-refractivity contribution < 1.29 is 13.9 Å².